The fraction of sp³-hybridized carbons (Fsp3) is 0.214. The first-order chi connectivity index (χ1) is 10.3. The number of sulfonamides is 1. The molecule has 0 saturated heterocycles. The highest BCUT2D eigenvalue weighted by atomic mass is 79.9. The van der Waals surface area contributed by atoms with Crippen molar-refractivity contribution in [3.8, 4) is 0 Å². The number of hydrogen-bond donors (Lipinski definition) is 1. The van der Waals surface area contributed by atoms with Crippen LogP contribution in [0.5, 0.6) is 0 Å². The molecule has 1 amide bonds. The first kappa shape index (κ1) is 17.1. The number of carbonyl (C=O) groups is 1. The average Bonchev–Trinajstić information content (AvgIpc) is 2.91. The highest BCUT2D eigenvalue weighted by Gasteiger charge is 2.15. The highest BCUT2D eigenvalue weighted by molar-refractivity contribution is 9.11. The van der Waals surface area contributed by atoms with Crippen molar-refractivity contribution in [1.29, 1.82) is 0 Å². The first-order valence-corrected chi connectivity index (χ1v) is 9.46. The summed E-state index contributed by atoms with van der Waals surface area (Å²) >= 11 is 4.96. The lowest BCUT2D eigenvalue weighted by Crippen LogP contribution is -2.26. The Hall–Kier alpha value is -1.22. The zero-order chi connectivity index (χ0) is 16.3. The molecule has 0 fully saturated rings. The molecule has 0 unspecified atom stereocenters. The molecule has 8 heteroatoms. The van der Waals surface area contributed by atoms with Gasteiger partial charge in [0, 0.05) is 17.5 Å². The summed E-state index contributed by atoms with van der Waals surface area (Å²) in [7, 11) is -0.420. The van der Waals surface area contributed by atoms with Crippen molar-refractivity contribution in [3.05, 3.63) is 50.6 Å². The van der Waals surface area contributed by atoms with Crippen LogP contribution in [-0.4, -0.2) is 33.3 Å². The molecular formula is C14H15BrN2O3S2. The van der Waals surface area contributed by atoms with E-state index < -0.39 is 10.0 Å². The minimum Gasteiger partial charge on any atom is -0.337 e. The molecule has 2 aromatic rings. The van der Waals surface area contributed by atoms with Gasteiger partial charge in [0.2, 0.25) is 10.0 Å². The molecule has 1 aromatic heterocycles. The fourth-order valence-electron chi connectivity index (χ4n) is 1.86. The quantitative estimate of drug-likeness (QED) is 0.835. The summed E-state index contributed by atoms with van der Waals surface area (Å²) in [4.78, 5) is 15.1. The third-order valence-corrected chi connectivity index (χ3v) is 6.09. The third-order valence-electron chi connectivity index (χ3n) is 3.05. The molecule has 1 N–H and O–H groups in total. The molecule has 2 rings (SSSR count). The van der Waals surface area contributed by atoms with E-state index in [1.165, 1.54) is 31.3 Å². The molecular weight excluding hydrogens is 388 g/mol. The van der Waals surface area contributed by atoms with Gasteiger partial charge in [-0.1, -0.05) is 0 Å². The van der Waals surface area contributed by atoms with Gasteiger partial charge in [-0.3, -0.25) is 4.79 Å². The molecule has 0 saturated carbocycles. The van der Waals surface area contributed by atoms with Crippen molar-refractivity contribution in [3.63, 3.8) is 0 Å². The first-order valence-electron chi connectivity index (χ1n) is 6.37. The van der Waals surface area contributed by atoms with Gasteiger partial charge in [0.05, 0.1) is 15.2 Å². The largest absolute Gasteiger partial charge is 0.337 e. The van der Waals surface area contributed by atoms with Crippen molar-refractivity contribution < 1.29 is 13.2 Å². The second-order valence-electron chi connectivity index (χ2n) is 4.60. The SMILES string of the molecule is CNS(=O)(=O)c1ccc(C(=O)N(C)Cc2ccc(Br)s2)cc1. The van der Waals surface area contributed by atoms with Crippen LogP contribution in [0.4, 0.5) is 0 Å². The van der Waals surface area contributed by atoms with Crippen LogP contribution >= 0.6 is 27.3 Å². The lowest BCUT2D eigenvalue weighted by Gasteiger charge is -2.16. The van der Waals surface area contributed by atoms with Crippen LogP contribution in [0.1, 0.15) is 15.2 Å². The molecule has 0 spiro atoms. The number of nitrogens with zero attached hydrogens (tertiary/aromatic N) is 1. The number of rotatable bonds is 5. The van der Waals surface area contributed by atoms with E-state index in [0.717, 1.165) is 8.66 Å². The molecule has 0 atom stereocenters. The Bertz CT molecular complexity index is 770. The third kappa shape index (κ3) is 3.95. The smallest absolute Gasteiger partial charge is 0.253 e. The summed E-state index contributed by atoms with van der Waals surface area (Å²) in [5, 5.41) is 0. The summed E-state index contributed by atoms with van der Waals surface area (Å²) in [6.07, 6.45) is 0. The Morgan fingerprint density at radius 3 is 2.36 bits per heavy atom. The van der Waals surface area contributed by atoms with Gasteiger partial charge in [0.25, 0.3) is 5.91 Å². The summed E-state index contributed by atoms with van der Waals surface area (Å²) in [6.45, 7) is 0.506. The van der Waals surface area contributed by atoms with Crippen LogP contribution in [-0.2, 0) is 16.6 Å². The van der Waals surface area contributed by atoms with E-state index in [1.807, 2.05) is 12.1 Å². The number of amides is 1. The molecule has 0 aliphatic heterocycles. The summed E-state index contributed by atoms with van der Waals surface area (Å²) in [5.41, 5.74) is 0.452. The Morgan fingerprint density at radius 2 is 1.86 bits per heavy atom. The van der Waals surface area contributed by atoms with Crippen LogP contribution < -0.4 is 4.72 Å². The molecule has 0 radical (unpaired) electrons. The van der Waals surface area contributed by atoms with Crippen LogP contribution in [0.3, 0.4) is 0 Å². The van der Waals surface area contributed by atoms with E-state index in [1.54, 1.807) is 23.3 Å². The van der Waals surface area contributed by atoms with E-state index in [9.17, 15) is 13.2 Å². The Labute approximate surface area is 142 Å². The van der Waals surface area contributed by atoms with Gasteiger partial charge in [-0.05, 0) is 59.4 Å². The number of benzene rings is 1. The van der Waals surface area contributed by atoms with Crippen molar-refractivity contribution in [2.24, 2.45) is 0 Å². The number of halogens is 1. The number of hydrogen-bond acceptors (Lipinski definition) is 4. The maximum atomic E-state index is 12.3. The zero-order valence-corrected chi connectivity index (χ0v) is 15.3. The Kier molecular flexibility index (Phi) is 5.38. The molecule has 22 heavy (non-hydrogen) atoms. The van der Waals surface area contributed by atoms with Crippen LogP contribution in [0.25, 0.3) is 0 Å². The second-order valence-corrected chi connectivity index (χ2v) is 9.03. The summed E-state index contributed by atoms with van der Waals surface area (Å²) in [5.74, 6) is -0.155. The predicted molar refractivity (Wildman–Crippen MR) is 90.5 cm³/mol. The molecule has 1 aromatic carbocycles. The van der Waals surface area contributed by atoms with E-state index in [2.05, 4.69) is 20.7 Å². The maximum absolute atomic E-state index is 12.3. The zero-order valence-electron chi connectivity index (χ0n) is 12.0. The predicted octanol–water partition coefficient (Wildman–Crippen LogP) is 2.69. The van der Waals surface area contributed by atoms with Crippen molar-refractivity contribution in [2.75, 3.05) is 14.1 Å². The number of carbonyl (C=O) groups excluding carboxylic acids is 1. The average molecular weight is 403 g/mol. The van der Waals surface area contributed by atoms with E-state index in [0.29, 0.717) is 12.1 Å². The van der Waals surface area contributed by atoms with Gasteiger partial charge in [0.1, 0.15) is 0 Å². The number of nitrogens with one attached hydrogen (secondary N) is 1. The van der Waals surface area contributed by atoms with Crippen molar-refractivity contribution in [2.45, 2.75) is 11.4 Å². The normalized spacial score (nSPS) is 11.4. The van der Waals surface area contributed by atoms with E-state index >= 15 is 0 Å². The topological polar surface area (TPSA) is 66.5 Å². The van der Waals surface area contributed by atoms with Gasteiger partial charge in [0.15, 0.2) is 0 Å². The summed E-state index contributed by atoms with van der Waals surface area (Å²) in [6, 6.07) is 9.79. The van der Waals surface area contributed by atoms with Gasteiger partial charge >= 0.3 is 0 Å². The molecule has 0 aliphatic rings. The van der Waals surface area contributed by atoms with Crippen LogP contribution in [0.2, 0.25) is 0 Å². The maximum Gasteiger partial charge on any atom is 0.253 e. The van der Waals surface area contributed by atoms with Crippen LogP contribution in [0, 0.1) is 0 Å². The minimum absolute atomic E-state index is 0.136. The minimum atomic E-state index is -3.49. The van der Waals surface area contributed by atoms with Crippen molar-refractivity contribution in [1.82, 2.24) is 9.62 Å². The summed E-state index contributed by atoms with van der Waals surface area (Å²) < 4.78 is 26.6. The molecule has 0 aliphatic carbocycles. The Balaban J connectivity index is 2.12. The second kappa shape index (κ2) is 6.91. The van der Waals surface area contributed by atoms with Crippen LogP contribution in [0.15, 0.2) is 45.1 Å². The molecule has 5 nitrogen and oxygen atoms in total. The lowest BCUT2D eigenvalue weighted by atomic mass is 10.2. The van der Waals surface area contributed by atoms with Crippen molar-refractivity contribution >= 4 is 43.2 Å². The monoisotopic (exact) mass is 402 g/mol. The fourth-order valence-corrected chi connectivity index (χ4v) is 4.12. The van der Waals surface area contributed by atoms with E-state index in [4.69, 9.17) is 0 Å². The van der Waals surface area contributed by atoms with E-state index in [-0.39, 0.29) is 10.8 Å². The number of thiophene rings is 1. The van der Waals surface area contributed by atoms with Gasteiger partial charge in [-0.2, -0.15) is 0 Å². The van der Waals surface area contributed by atoms with Gasteiger partial charge in [-0.15, -0.1) is 11.3 Å². The molecule has 0 bridgehead atoms. The lowest BCUT2D eigenvalue weighted by molar-refractivity contribution is 0.0786. The highest BCUT2D eigenvalue weighted by Crippen LogP contribution is 2.23. The van der Waals surface area contributed by atoms with Gasteiger partial charge in [-0.25, -0.2) is 13.1 Å². The van der Waals surface area contributed by atoms with Gasteiger partial charge < -0.3 is 4.90 Å². The Morgan fingerprint density at radius 1 is 1.23 bits per heavy atom. The molecule has 118 valence electrons. The standard InChI is InChI=1S/C14H15BrN2O3S2/c1-16-22(19,20)12-6-3-10(4-7-12)14(18)17(2)9-11-5-8-13(15)21-11/h3-8,16H,9H2,1-2H3. The molecule has 1 heterocycles.